The molecule has 0 amide bonds. The molecule has 0 aliphatic rings. The number of rotatable bonds is 8. The first-order valence-corrected chi connectivity index (χ1v) is 8.88. The van der Waals surface area contributed by atoms with Gasteiger partial charge in [0.1, 0.15) is 5.75 Å². The molecule has 0 fully saturated rings. The summed E-state index contributed by atoms with van der Waals surface area (Å²) in [6.07, 6.45) is 2.57. The first-order chi connectivity index (χ1) is 12.2. The van der Waals surface area contributed by atoms with Gasteiger partial charge in [-0.1, -0.05) is 12.1 Å². The Kier molecular flexibility index (Phi) is 5.95. The molecular weight excluding hydrogens is 336 g/mol. The van der Waals surface area contributed by atoms with Gasteiger partial charge in [-0.3, -0.25) is 10.3 Å². The number of aliphatic hydroxyl groups is 1. The number of ether oxygens (including phenoxy) is 1. The third kappa shape index (κ3) is 4.99. The molecule has 2 aromatic heterocycles. The summed E-state index contributed by atoms with van der Waals surface area (Å²) >= 11 is 1.44. The SMILES string of the molecule is CCOc1cccc(CNC(O)Nc2nc(-c3ccncc3)cs2)c1. The number of aliphatic hydroxyl groups excluding tert-OH is 1. The van der Waals surface area contributed by atoms with Crippen LogP contribution < -0.4 is 15.4 Å². The second-order valence-corrected chi connectivity index (χ2v) is 6.14. The molecule has 7 heteroatoms. The van der Waals surface area contributed by atoms with Crippen LogP contribution in [-0.2, 0) is 6.54 Å². The van der Waals surface area contributed by atoms with Crippen LogP contribution >= 0.6 is 11.3 Å². The van der Waals surface area contributed by atoms with Gasteiger partial charge in [0.15, 0.2) is 11.5 Å². The quantitative estimate of drug-likeness (QED) is 0.538. The molecule has 1 atom stereocenters. The van der Waals surface area contributed by atoms with Crippen molar-refractivity contribution >= 4 is 16.5 Å². The molecule has 0 bridgehead atoms. The van der Waals surface area contributed by atoms with Gasteiger partial charge in [-0.25, -0.2) is 4.98 Å². The van der Waals surface area contributed by atoms with E-state index in [2.05, 4.69) is 20.6 Å². The van der Waals surface area contributed by atoms with Crippen molar-refractivity contribution in [3.63, 3.8) is 0 Å². The average molecular weight is 356 g/mol. The van der Waals surface area contributed by atoms with Gasteiger partial charge in [0.25, 0.3) is 0 Å². The van der Waals surface area contributed by atoms with Gasteiger partial charge in [-0.2, -0.15) is 0 Å². The number of anilines is 1. The normalized spacial score (nSPS) is 11.9. The fourth-order valence-electron chi connectivity index (χ4n) is 2.29. The Hall–Kier alpha value is -2.48. The van der Waals surface area contributed by atoms with E-state index in [1.165, 1.54) is 11.3 Å². The summed E-state index contributed by atoms with van der Waals surface area (Å²) < 4.78 is 5.48. The molecule has 25 heavy (non-hydrogen) atoms. The van der Waals surface area contributed by atoms with Crippen molar-refractivity contribution in [1.82, 2.24) is 15.3 Å². The highest BCUT2D eigenvalue weighted by Crippen LogP contribution is 2.24. The van der Waals surface area contributed by atoms with Gasteiger partial charge in [0.2, 0.25) is 0 Å². The molecule has 0 aliphatic carbocycles. The average Bonchev–Trinajstić information content (AvgIpc) is 3.10. The number of nitrogens with zero attached hydrogens (tertiary/aromatic N) is 2. The van der Waals surface area contributed by atoms with Crippen LogP contribution in [0.4, 0.5) is 5.13 Å². The molecule has 3 rings (SSSR count). The van der Waals surface area contributed by atoms with Crippen LogP contribution in [0.5, 0.6) is 5.75 Å². The first-order valence-electron chi connectivity index (χ1n) is 8.00. The number of aromatic nitrogens is 2. The van der Waals surface area contributed by atoms with Crippen molar-refractivity contribution in [3.05, 3.63) is 59.7 Å². The van der Waals surface area contributed by atoms with E-state index in [1.807, 2.05) is 48.7 Å². The fraction of sp³-hybridized carbons (Fsp3) is 0.222. The number of pyridine rings is 1. The summed E-state index contributed by atoms with van der Waals surface area (Å²) in [4.78, 5) is 8.47. The molecule has 0 saturated carbocycles. The van der Waals surface area contributed by atoms with Crippen LogP contribution in [0.15, 0.2) is 54.2 Å². The van der Waals surface area contributed by atoms with Gasteiger partial charge in [0.05, 0.1) is 12.3 Å². The van der Waals surface area contributed by atoms with E-state index >= 15 is 0 Å². The number of thiazole rings is 1. The van der Waals surface area contributed by atoms with Crippen molar-refractivity contribution in [2.45, 2.75) is 19.8 Å². The Morgan fingerprint density at radius 2 is 2.08 bits per heavy atom. The maximum absolute atomic E-state index is 10.1. The summed E-state index contributed by atoms with van der Waals surface area (Å²) in [5, 5.41) is 18.7. The van der Waals surface area contributed by atoms with Crippen LogP contribution in [0.3, 0.4) is 0 Å². The number of nitrogens with one attached hydrogen (secondary N) is 2. The van der Waals surface area contributed by atoms with Crippen molar-refractivity contribution in [2.24, 2.45) is 0 Å². The monoisotopic (exact) mass is 356 g/mol. The van der Waals surface area contributed by atoms with E-state index in [1.54, 1.807) is 12.4 Å². The third-order valence-corrected chi connectivity index (χ3v) is 4.22. The Morgan fingerprint density at radius 3 is 2.88 bits per heavy atom. The molecule has 0 radical (unpaired) electrons. The van der Waals surface area contributed by atoms with Gasteiger partial charge >= 0.3 is 0 Å². The molecule has 2 heterocycles. The molecule has 3 N–H and O–H groups in total. The molecular formula is C18H20N4O2S. The lowest BCUT2D eigenvalue weighted by Crippen LogP contribution is -2.35. The highest BCUT2D eigenvalue weighted by Gasteiger charge is 2.08. The lowest BCUT2D eigenvalue weighted by molar-refractivity contribution is 0.163. The Labute approximate surface area is 150 Å². The lowest BCUT2D eigenvalue weighted by atomic mass is 10.2. The first kappa shape index (κ1) is 17.3. The fourth-order valence-corrected chi connectivity index (χ4v) is 3.03. The van der Waals surface area contributed by atoms with Crippen molar-refractivity contribution < 1.29 is 9.84 Å². The van der Waals surface area contributed by atoms with Crippen LogP contribution in [0.2, 0.25) is 0 Å². The van der Waals surface area contributed by atoms with Crippen molar-refractivity contribution in [2.75, 3.05) is 11.9 Å². The van der Waals surface area contributed by atoms with E-state index in [0.29, 0.717) is 18.3 Å². The van der Waals surface area contributed by atoms with Gasteiger partial charge < -0.3 is 15.2 Å². The zero-order valence-corrected chi connectivity index (χ0v) is 14.7. The molecule has 0 spiro atoms. The van der Waals surface area contributed by atoms with Crippen LogP contribution in [0.1, 0.15) is 12.5 Å². The summed E-state index contributed by atoms with van der Waals surface area (Å²) in [5.74, 6) is 0.825. The molecule has 130 valence electrons. The molecule has 6 nitrogen and oxygen atoms in total. The third-order valence-electron chi connectivity index (χ3n) is 3.45. The number of hydrogen-bond donors (Lipinski definition) is 3. The van der Waals surface area contributed by atoms with E-state index < -0.39 is 6.35 Å². The molecule has 0 saturated heterocycles. The predicted molar refractivity (Wildman–Crippen MR) is 99.4 cm³/mol. The van der Waals surface area contributed by atoms with Crippen LogP contribution in [0.25, 0.3) is 11.3 Å². The Morgan fingerprint density at radius 1 is 1.24 bits per heavy atom. The minimum atomic E-state index is -0.896. The van der Waals surface area contributed by atoms with E-state index in [9.17, 15) is 5.11 Å². The topological polar surface area (TPSA) is 79.3 Å². The molecule has 3 aromatic rings. The largest absolute Gasteiger partial charge is 0.494 e. The zero-order chi connectivity index (χ0) is 17.5. The predicted octanol–water partition coefficient (Wildman–Crippen LogP) is 3.08. The molecule has 1 unspecified atom stereocenters. The zero-order valence-electron chi connectivity index (χ0n) is 13.8. The standard InChI is InChI=1S/C18H20N4O2S/c1-2-24-15-5-3-4-13(10-15)11-20-17(23)22-18-21-16(12-25-18)14-6-8-19-9-7-14/h3-10,12,17,20,23H,2,11H2,1H3,(H,21,22). The van der Waals surface area contributed by atoms with E-state index in [0.717, 1.165) is 22.6 Å². The van der Waals surface area contributed by atoms with Crippen LogP contribution in [0, 0.1) is 0 Å². The van der Waals surface area contributed by atoms with Crippen LogP contribution in [-0.4, -0.2) is 28.0 Å². The highest BCUT2D eigenvalue weighted by molar-refractivity contribution is 7.14. The van der Waals surface area contributed by atoms with E-state index in [4.69, 9.17) is 4.74 Å². The lowest BCUT2D eigenvalue weighted by Gasteiger charge is -2.14. The minimum absolute atomic E-state index is 0.512. The number of hydrogen-bond acceptors (Lipinski definition) is 7. The van der Waals surface area contributed by atoms with E-state index in [-0.39, 0.29) is 0 Å². The molecule has 1 aromatic carbocycles. The molecule has 0 aliphatic heterocycles. The summed E-state index contributed by atoms with van der Waals surface area (Å²) in [6, 6.07) is 11.6. The summed E-state index contributed by atoms with van der Waals surface area (Å²) in [5.41, 5.74) is 2.88. The Balaban J connectivity index is 1.54. The minimum Gasteiger partial charge on any atom is -0.494 e. The second-order valence-electron chi connectivity index (χ2n) is 5.28. The Bertz CT molecular complexity index is 795. The second kappa shape index (κ2) is 8.57. The highest BCUT2D eigenvalue weighted by atomic mass is 32.1. The maximum atomic E-state index is 10.1. The summed E-state index contributed by atoms with van der Waals surface area (Å²) in [7, 11) is 0. The smallest absolute Gasteiger partial charge is 0.186 e. The van der Waals surface area contributed by atoms with Gasteiger partial charge in [0, 0.05) is 29.9 Å². The van der Waals surface area contributed by atoms with Crippen molar-refractivity contribution in [3.8, 4) is 17.0 Å². The maximum Gasteiger partial charge on any atom is 0.186 e. The van der Waals surface area contributed by atoms with Gasteiger partial charge in [-0.15, -0.1) is 11.3 Å². The number of benzene rings is 1. The van der Waals surface area contributed by atoms with Gasteiger partial charge in [-0.05, 0) is 36.8 Å². The summed E-state index contributed by atoms with van der Waals surface area (Å²) in [6.45, 7) is 3.09. The van der Waals surface area contributed by atoms with Crippen molar-refractivity contribution in [1.29, 1.82) is 0 Å².